The molecule has 1 unspecified atom stereocenters. The van der Waals surface area contributed by atoms with E-state index in [9.17, 15) is 4.79 Å². The predicted octanol–water partition coefficient (Wildman–Crippen LogP) is 1.44. The number of aromatic nitrogens is 2. The van der Waals surface area contributed by atoms with Gasteiger partial charge in [-0.05, 0) is 19.8 Å². The van der Waals surface area contributed by atoms with Gasteiger partial charge in [-0.1, -0.05) is 13.8 Å². The fraction of sp³-hybridized carbons (Fsp3) is 0.667. The Balaban J connectivity index is 2.33. The smallest absolute Gasteiger partial charge is 0.258 e. The molecule has 1 N–H and O–H groups in total. The lowest BCUT2D eigenvalue weighted by atomic mass is 10.1. The van der Waals surface area contributed by atoms with Gasteiger partial charge in [0.05, 0.1) is 12.4 Å². The number of hydrogen-bond acceptors (Lipinski definition) is 3. The molecule has 1 amide bonds. The molecule has 1 aromatic rings. The van der Waals surface area contributed by atoms with Crippen molar-refractivity contribution in [2.75, 3.05) is 6.61 Å². The van der Waals surface area contributed by atoms with E-state index >= 15 is 0 Å². The van der Waals surface area contributed by atoms with Crippen molar-refractivity contribution in [3.8, 4) is 5.75 Å². The first-order valence-electron chi connectivity index (χ1n) is 5.97. The standard InChI is InChI=1S/C12H21N3O2/c1-5-15-7-11(6-13-15)17-8-12(16)14-10(4)9(2)3/h6-7,9-10H,5,8H2,1-4H3,(H,14,16). The van der Waals surface area contributed by atoms with Gasteiger partial charge in [0.2, 0.25) is 0 Å². The number of aryl methyl sites for hydroxylation is 1. The van der Waals surface area contributed by atoms with Crippen molar-refractivity contribution in [2.24, 2.45) is 5.92 Å². The van der Waals surface area contributed by atoms with Crippen LogP contribution in [0.3, 0.4) is 0 Å². The second kappa shape index (κ2) is 6.27. The van der Waals surface area contributed by atoms with Gasteiger partial charge < -0.3 is 10.1 Å². The highest BCUT2D eigenvalue weighted by Crippen LogP contribution is 2.07. The number of carbonyl (C=O) groups excluding carboxylic acids is 1. The second-order valence-corrected chi connectivity index (χ2v) is 4.42. The van der Waals surface area contributed by atoms with Crippen LogP contribution in [0.1, 0.15) is 27.7 Å². The average Bonchev–Trinajstić information content (AvgIpc) is 2.74. The molecule has 0 aliphatic rings. The summed E-state index contributed by atoms with van der Waals surface area (Å²) in [7, 11) is 0. The zero-order valence-electron chi connectivity index (χ0n) is 10.9. The van der Waals surface area contributed by atoms with Crippen LogP contribution in [0.4, 0.5) is 0 Å². The lowest BCUT2D eigenvalue weighted by molar-refractivity contribution is -0.124. The number of nitrogens with one attached hydrogen (secondary N) is 1. The summed E-state index contributed by atoms with van der Waals surface area (Å²) in [6.07, 6.45) is 3.39. The van der Waals surface area contributed by atoms with Crippen molar-refractivity contribution in [1.29, 1.82) is 0 Å². The zero-order chi connectivity index (χ0) is 12.8. The van der Waals surface area contributed by atoms with Crippen LogP contribution in [0, 0.1) is 5.92 Å². The molecule has 0 spiro atoms. The third kappa shape index (κ3) is 4.46. The molecule has 1 rings (SSSR count). The van der Waals surface area contributed by atoms with Crippen LogP contribution < -0.4 is 10.1 Å². The van der Waals surface area contributed by atoms with Crippen LogP contribution >= 0.6 is 0 Å². The Labute approximate surface area is 102 Å². The molecule has 0 aliphatic heterocycles. The van der Waals surface area contributed by atoms with E-state index in [2.05, 4.69) is 24.3 Å². The predicted molar refractivity (Wildman–Crippen MR) is 65.8 cm³/mol. The summed E-state index contributed by atoms with van der Waals surface area (Å²) in [5.74, 6) is 0.941. The molecule has 0 aromatic carbocycles. The summed E-state index contributed by atoms with van der Waals surface area (Å²) in [6.45, 7) is 8.94. The molecule has 0 radical (unpaired) electrons. The van der Waals surface area contributed by atoms with E-state index in [1.807, 2.05) is 13.8 Å². The zero-order valence-corrected chi connectivity index (χ0v) is 10.9. The Bertz CT molecular complexity index is 360. The molecule has 0 saturated heterocycles. The van der Waals surface area contributed by atoms with Crippen LogP contribution in [-0.2, 0) is 11.3 Å². The highest BCUT2D eigenvalue weighted by Gasteiger charge is 2.11. The van der Waals surface area contributed by atoms with E-state index in [1.165, 1.54) is 0 Å². The molecule has 5 heteroatoms. The van der Waals surface area contributed by atoms with Gasteiger partial charge in [-0.25, -0.2) is 0 Å². The molecular weight excluding hydrogens is 218 g/mol. The number of ether oxygens (including phenoxy) is 1. The highest BCUT2D eigenvalue weighted by atomic mass is 16.5. The van der Waals surface area contributed by atoms with Crippen molar-refractivity contribution in [2.45, 2.75) is 40.3 Å². The summed E-state index contributed by atoms with van der Waals surface area (Å²) in [5.41, 5.74) is 0. The average molecular weight is 239 g/mol. The van der Waals surface area contributed by atoms with E-state index in [-0.39, 0.29) is 18.6 Å². The Morgan fingerprint density at radius 3 is 2.76 bits per heavy atom. The summed E-state index contributed by atoms with van der Waals surface area (Å²) in [4.78, 5) is 11.5. The van der Waals surface area contributed by atoms with E-state index < -0.39 is 0 Å². The van der Waals surface area contributed by atoms with Crippen LogP contribution in [-0.4, -0.2) is 28.3 Å². The monoisotopic (exact) mass is 239 g/mol. The molecule has 17 heavy (non-hydrogen) atoms. The molecule has 0 saturated carbocycles. The van der Waals surface area contributed by atoms with Crippen molar-refractivity contribution >= 4 is 5.91 Å². The topological polar surface area (TPSA) is 56.1 Å². The Morgan fingerprint density at radius 1 is 1.53 bits per heavy atom. The molecule has 0 fully saturated rings. The summed E-state index contributed by atoms with van der Waals surface area (Å²) in [6, 6.07) is 0.157. The summed E-state index contributed by atoms with van der Waals surface area (Å²) < 4.78 is 7.09. The maximum Gasteiger partial charge on any atom is 0.258 e. The van der Waals surface area contributed by atoms with Crippen LogP contribution in [0.25, 0.3) is 0 Å². The summed E-state index contributed by atoms with van der Waals surface area (Å²) in [5, 5.41) is 6.94. The van der Waals surface area contributed by atoms with Crippen molar-refractivity contribution < 1.29 is 9.53 Å². The summed E-state index contributed by atoms with van der Waals surface area (Å²) >= 11 is 0. The minimum absolute atomic E-state index is 0.0342. The van der Waals surface area contributed by atoms with Gasteiger partial charge in [0.15, 0.2) is 12.4 Å². The van der Waals surface area contributed by atoms with Gasteiger partial charge in [0.25, 0.3) is 5.91 Å². The molecule has 1 aromatic heterocycles. The van der Waals surface area contributed by atoms with Crippen molar-refractivity contribution in [3.05, 3.63) is 12.4 Å². The van der Waals surface area contributed by atoms with Gasteiger partial charge in [0, 0.05) is 12.6 Å². The Kier molecular flexibility index (Phi) is 5.00. The second-order valence-electron chi connectivity index (χ2n) is 4.42. The van der Waals surface area contributed by atoms with Crippen LogP contribution in [0.15, 0.2) is 12.4 Å². The fourth-order valence-corrected chi connectivity index (χ4v) is 1.20. The third-order valence-electron chi connectivity index (χ3n) is 2.69. The first kappa shape index (κ1) is 13.5. The van der Waals surface area contributed by atoms with Gasteiger partial charge >= 0.3 is 0 Å². The van der Waals surface area contributed by atoms with E-state index in [0.717, 1.165) is 6.54 Å². The van der Waals surface area contributed by atoms with E-state index in [0.29, 0.717) is 11.7 Å². The third-order valence-corrected chi connectivity index (χ3v) is 2.69. The SMILES string of the molecule is CCn1cc(OCC(=O)NC(C)C(C)C)cn1. The van der Waals surface area contributed by atoms with Crippen molar-refractivity contribution in [3.63, 3.8) is 0 Å². The molecular formula is C12H21N3O2. The molecule has 1 atom stereocenters. The van der Waals surface area contributed by atoms with Crippen molar-refractivity contribution in [1.82, 2.24) is 15.1 Å². The van der Waals surface area contributed by atoms with E-state index in [1.54, 1.807) is 17.1 Å². The normalized spacial score (nSPS) is 12.5. The van der Waals surface area contributed by atoms with Gasteiger partial charge in [-0.2, -0.15) is 5.10 Å². The minimum Gasteiger partial charge on any atom is -0.480 e. The first-order chi connectivity index (χ1) is 8.02. The molecule has 0 bridgehead atoms. The molecule has 5 nitrogen and oxygen atoms in total. The number of carbonyl (C=O) groups is 1. The largest absolute Gasteiger partial charge is 0.480 e. The minimum atomic E-state index is -0.101. The number of hydrogen-bond donors (Lipinski definition) is 1. The lowest BCUT2D eigenvalue weighted by Crippen LogP contribution is -2.38. The maximum absolute atomic E-state index is 11.5. The quantitative estimate of drug-likeness (QED) is 0.817. The highest BCUT2D eigenvalue weighted by molar-refractivity contribution is 5.77. The number of amides is 1. The van der Waals surface area contributed by atoms with Gasteiger partial charge in [-0.3, -0.25) is 9.48 Å². The fourth-order valence-electron chi connectivity index (χ4n) is 1.20. The van der Waals surface area contributed by atoms with Gasteiger partial charge in [-0.15, -0.1) is 0 Å². The molecule has 0 aliphatic carbocycles. The number of rotatable bonds is 6. The maximum atomic E-state index is 11.5. The number of nitrogens with zero attached hydrogens (tertiary/aromatic N) is 2. The Morgan fingerprint density at radius 2 is 2.24 bits per heavy atom. The molecule has 96 valence electrons. The Hall–Kier alpha value is -1.52. The van der Waals surface area contributed by atoms with E-state index in [4.69, 9.17) is 4.74 Å². The first-order valence-corrected chi connectivity index (χ1v) is 5.97. The molecule has 1 heterocycles. The van der Waals surface area contributed by atoms with Gasteiger partial charge in [0.1, 0.15) is 0 Å². The van der Waals surface area contributed by atoms with Crippen LogP contribution in [0.2, 0.25) is 0 Å². The lowest BCUT2D eigenvalue weighted by Gasteiger charge is -2.17. The van der Waals surface area contributed by atoms with Crippen LogP contribution in [0.5, 0.6) is 5.75 Å².